The lowest BCUT2D eigenvalue weighted by Gasteiger charge is -2.47. The first-order chi connectivity index (χ1) is 7.49. The highest BCUT2D eigenvalue weighted by atomic mass is 15.2. The second-order valence-corrected chi connectivity index (χ2v) is 5.78. The van der Waals surface area contributed by atoms with Crippen molar-refractivity contribution in [3.05, 3.63) is 0 Å². The summed E-state index contributed by atoms with van der Waals surface area (Å²) in [5.74, 6) is 1.51. The van der Waals surface area contributed by atoms with Crippen LogP contribution in [0.25, 0.3) is 0 Å². The van der Waals surface area contributed by atoms with Gasteiger partial charge in [-0.1, -0.05) is 27.7 Å². The fourth-order valence-electron chi connectivity index (χ4n) is 2.90. The average Bonchev–Trinajstić information content (AvgIpc) is 2.24. The Kier molecular flexibility index (Phi) is 5.26. The van der Waals surface area contributed by atoms with Gasteiger partial charge in [-0.15, -0.1) is 0 Å². The van der Waals surface area contributed by atoms with E-state index in [2.05, 4.69) is 51.8 Å². The van der Waals surface area contributed by atoms with Gasteiger partial charge in [0.25, 0.3) is 0 Å². The largest absolute Gasteiger partial charge is 0.314 e. The van der Waals surface area contributed by atoms with E-state index in [1.54, 1.807) is 0 Å². The van der Waals surface area contributed by atoms with Gasteiger partial charge in [0.05, 0.1) is 0 Å². The SMILES string of the molecule is CCNC1CCN(C(C)C(C)C)C(C)C1C. The molecule has 0 aromatic rings. The molecule has 0 spiro atoms. The topological polar surface area (TPSA) is 15.3 Å². The van der Waals surface area contributed by atoms with E-state index in [1.807, 2.05) is 0 Å². The minimum Gasteiger partial charge on any atom is -0.314 e. The lowest BCUT2D eigenvalue weighted by molar-refractivity contribution is 0.0367. The van der Waals surface area contributed by atoms with Crippen LogP contribution in [0.5, 0.6) is 0 Å². The fraction of sp³-hybridized carbons (Fsp3) is 1.00. The van der Waals surface area contributed by atoms with Crippen LogP contribution in [-0.2, 0) is 0 Å². The molecule has 0 saturated carbocycles. The summed E-state index contributed by atoms with van der Waals surface area (Å²) in [5, 5.41) is 3.63. The van der Waals surface area contributed by atoms with Crippen LogP contribution >= 0.6 is 0 Å². The van der Waals surface area contributed by atoms with E-state index >= 15 is 0 Å². The van der Waals surface area contributed by atoms with Gasteiger partial charge in [0.1, 0.15) is 0 Å². The van der Waals surface area contributed by atoms with Gasteiger partial charge >= 0.3 is 0 Å². The first kappa shape index (κ1) is 14.0. The average molecular weight is 226 g/mol. The standard InChI is InChI=1S/C14H30N2/c1-7-15-14-8-9-16(12(5)10(2)3)13(6)11(14)4/h10-15H,7-9H2,1-6H3. The first-order valence-corrected chi connectivity index (χ1v) is 6.98. The molecule has 0 aliphatic carbocycles. The molecule has 0 bridgehead atoms. The molecule has 16 heavy (non-hydrogen) atoms. The Morgan fingerprint density at radius 3 is 2.38 bits per heavy atom. The number of hydrogen-bond acceptors (Lipinski definition) is 2. The van der Waals surface area contributed by atoms with Gasteiger partial charge in [-0.2, -0.15) is 0 Å². The van der Waals surface area contributed by atoms with Crippen LogP contribution in [0.3, 0.4) is 0 Å². The van der Waals surface area contributed by atoms with Crippen molar-refractivity contribution in [3.63, 3.8) is 0 Å². The number of hydrogen-bond donors (Lipinski definition) is 1. The summed E-state index contributed by atoms with van der Waals surface area (Å²) in [6.07, 6.45) is 1.30. The van der Waals surface area contributed by atoms with Gasteiger partial charge in [-0.3, -0.25) is 4.90 Å². The molecule has 1 heterocycles. The highest BCUT2D eigenvalue weighted by molar-refractivity contribution is 4.90. The van der Waals surface area contributed by atoms with Crippen LogP contribution in [0.15, 0.2) is 0 Å². The van der Waals surface area contributed by atoms with E-state index < -0.39 is 0 Å². The summed E-state index contributed by atoms with van der Waals surface area (Å²) in [5.41, 5.74) is 0. The number of likely N-dealkylation sites (tertiary alicyclic amines) is 1. The fourth-order valence-corrected chi connectivity index (χ4v) is 2.90. The van der Waals surface area contributed by atoms with Gasteiger partial charge in [-0.25, -0.2) is 0 Å². The maximum Gasteiger partial charge on any atom is 0.0120 e. The first-order valence-electron chi connectivity index (χ1n) is 6.98. The van der Waals surface area contributed by atoms with Crippen molar-refractivity contribution >= 4 is 0 Å². The van der Waals surface area contributed by atoms with Crippen molar-refractivity contribution in [2.45, 2.75) is 66.1 Å². The third-order valence-corrected chi connectivity index (χ3v) is 4.57. The molecule has 1 saturated heterocycles. The van der Waals surface area contributed by atoms with Crippen molar-refractivity contribution in [2.24, 2.45) is 11.8 Å². The monoisotopic (exact) mass is 226 g/mol. The maximum absolute atomic E-state index is 3.63. The molecule has 1 rings (SSSR count). The van der Waals surface area contributed by atoms with Gasteiger partial charge < -0.3 is 5.32 Å². The minimum atomic E-state index is 0.704. The third-order valence-electron chi connectivity index (χ3n) is 4.57. The molecule has 4 unspecified atom stereocenters. The smallest absolute Gasteiger partial charge is 0.0120 e. The quantitative estimate of drug-likeness (QED) is 0.793. The second kappa shape index (κ2) is 6.02. The molecule has 2 heteroatoms. The predicted molar refractivity (Wildman–Crippen MR) is 71.7 cm³/mol. The molecule has 1 N–H and O–H groups in total. The Hall–Kier alpha value is -0.0800. The molecule has 0 radical (unpaired) electrons. The summed E-state index contributed by atoms with van der Waals surface area (Å²) < 4.78 is 0. The van der Waals surface area contributed by atoms with E-state index in [9.17, 15) is 0 Å². The highest BCUT2D eigenvalue weighted by Crippen LogP contribution is 2.27. The Balaban J connectivity index is 2.60. The number of rotatable bonds is 4. The lowest BCUT2D eigenvalue weighted by Crippen LogP contribution is -2.56. The molecule has 0 aromatic heterocycles. The second-order valence-electron chi connectivity index (χ2n) is 5.78. The van der Waals surface area contributed by atoms with Crippen molar-refractivity contribution < 1.29 is 0 Å². The molecular weight excluding hydrogens is 196 g/mol. The maximum atomic E-state index is 3.63. The zero-order chi connectivity index (χ0) is 12.3. The molecular formula is C14H30N2. The van der Waals surface area contributed by atoms with E-state index in [-0.39, 0.29) is 0 Å². The lowest BCUT2D eigenvalue weighted by atomic mass is 9.85. The van der Waals surface area contributed by atoms with Gasteiger partial charge in [0, 0.05) is 24.7 Å². The molecule has 1 aliphatic rings. The Labute approximate surface area is 102 Å². The van der Waals surface area contributed by atoms with E-state index in [0.717, 1.165) is 24.4 Å². The van der Waals surface area contributed by atoms with Crippen LogP contribution in [-0.4, -0.2) is 36.1 Å². The third kappa shape index (κ3) is 2.98. The number of nitrogens with zero attached hydrogens (tertiary/aromatic N) is 1. The van der Waals surface area contributed by atoms with Crippen LogP contribution < -0.4 is 5.32 Å². The van der Waals surface area contributed by atoms with Crippen LogP contribution in [0.1, 0.15) is 48.0 Å². The zero-order valence-corrected chi connectivity index (χ0v) is 12.0. The summed E-state index contributed by atoms with van der Waals surface area (Å²) >= 11 is 0. The minimum absolute atomic E-state index is 0.704. The summed E-state index contributed by atoms with van der Waals surface area (Å²) in [4.78, 5) is 2.70. The molecule has 2 nitrogen and oxygen atoms in total. The molecule has 1 fully saturated rings. The summed E-state index contributed by atoms with van der Waals surface area (Å²) in [7, 11) is 0. The highest BCUT2D eigenvalue weighted by Gasteiger charge is 2.34. The Morgan fingerprint density at radius 1 is 1.25 bits per heavy atom. The van der Waals surface area contributed by atoms with Crippen molar-refractivity contribution in [1.29, 1.82) is 0 Å². The number of piperidine rings is 1. The van der Waals surface area contributed by atoms with Crippen molar-refractivity contribution in [1.82, 2.24) is 10.2 Å². The number of nitrogens with one attached hydrogen (secondary N) is 1. The predicted octanol–water partition coefficient (Wildman–Crippen LogP) is 2.74. The Bertz CT molecular complexity index is 203. The van der Waals surface area contributed by atoms with Crippen LogP contribution in [0.2, 0.25) is 0 Å². The molecule has 96 valence electrons. The molecule has 4 atom stereocenters. The summed E-state index contributed by atoms with van der Waals surface area (Å²) in [6.45, 7) is 16.4. The summed E-state index contributed by atoms with van der Waals surface area (Å²) in [6, 6.07) is 2.13. The molecule has 0 amide bonds. The molecule has 0 aromatic carbocycles. The van der Waals surface area contributed by atoms with E-state index in [0.29, 0.717) is 12.1 Å². The van der Waals surface area contributed by atoms with Crippen molar-refractivity contribution in [2.75, 3.05) is 13.1 Å². The molecule has 1 aliphatic heterocycles. The van der Waals surface area contributed by atoms with Gasteiger partial charge in [0.2, 0.25) is 0 Å². The van der Waals surface area contributed by atoms with E-state index in [1.165, 1.54) is 13.0 Å². The van der Waals surface area contributed by atoms with Crippen LogP contribution in [0.4, 0.5) is 0 Å². The van der Waals surface area contributed by atoms with E-state index in [4.69, 9.17) is 0 Å². The van der Waals surface area contributed by atoms with Crippen LogP contribution in [0, 0.1) is 11.8 Å². The normalized spacial score (nSPS) is 34.3. The zero-order valence-electron chi connectivity index (χ0n) is 12.0. The van der Waals surface area contributed by atoms with Gasteiger partial charge in [0.15, 0.2) is 0 Å². The Morgan fingerprint density at radius 2 is 1.88 bits per heavy atom. The van der Waals surface area contributed by atoms with Gasteiger partial charge in [-0.05, 0) is 38.6 Å². The van der Waals surface area contributed by atoms with Crippen molar-refractivity contribution in [3.8, 4) is 0 Å².